The van der Waals surface area contributed by atoms with Crippen LogP contribution >= 0.6 is 0 Å². The van der Waals surface area contributed by atoms with E-state index in [1.165, 1.54) is 0 Å². The minimum atomic E-state index is -0.0994. The number of fused-ring (bicyclic) bond motifs is 5. The molecular formula is C15H15N5O2. The Balaban J connectivity index is 2.04. The molecule has 7 nitrogen and oxygen atoms in total. The molecular weight excluding hydrogens is 282 g/mol. The molecule has 0 radical (unpaired) electrons. The fraction of sp³-hybridized carbons (Fsp3) is 0.267. The Bertz CT molecular complexity index is 795. The van der Waals surface area contributed by atoms with Gasteiger partial charge in [-0.1, -0.05) is 17.3 Å². The van der Waals surface area contributed by atoms with Gasteiger partial charge in [0, 0.05) is 6.54 Å². The highest BCUT2D eigenvalue weighted by molar-refractivity contribution is 6.01. The molecule has 1 aromatic heterocycles. The van der Waals surface area contributed by atoms with Gasteiger partial charge in [-0.15, -0.1) is 0 Å². The molecule has 1 aromatic carbocycles. The first kappa shape index (κ1) is 12.9. The third-order valence-corrected chi connectivity index (χ3v) is 4.38. The number of hydrogen-bond acceptors (Lipinski definition) is 4. The van der Waals surface area contributed by atoms with E-state index >= 15 is 0 Å². The maximum absolute atomic E-state index is 12.8. The second kappa shape index (κ2) is 4.59. The number of oxime groups is 1. The van der Waals surface area contributed by atoms with E-state index in [2.05, 4.69) is 10.1 Å². The van der Waals surface area contributed by atoms with Gasteiger partial charge >= 0.3 is 0 Å². The number of amidine groups is 1. The zero-order valence-electron chi connectivity index (χ0n) is 11.8. The minimum Gasteiger partial charge on any atom is -0.409 e. The molecule has 0 aliphatic carbocycles. The van der Waals surface area contributed by atoms with Crippen LogP contribution in [0.1, 0.15) is 40.6 Å². The Morgan fingerprint density at radius 2 is 2.23 bits per heavy atom. The summed E-state index contributed by atoms with van der Waals surface area (Å²) in [7, 11) is 0. The van der Waals surface area contributed by atoms with E-state index in [1.54, 1.807) is 6.33 Å². The molecule has 2 aliphatic heterocycles. The van der Waals surface area contributed by atoms with E-state index in [0.29, 0.717) is 17.8 Å². The summed E-state index contributed by atoms with van der Waals surface area (Å²) in [4.78, 5) is 19.0. The second-order valence-electron chi connectivity index (χ2n) is 5.51. The number of benzene rings is 1. The summed E-state index contributed by atoms with van der Waals surface area (Å²) < 4.78 is 1.89. The van der Waals surface area contributed by atoms with Crippen molar-refractivity contribution in [2.24, 2.45) is 10.9 Å². The van der Waals surface area contributed by atoms with Crippen molar-refractivity contribution >= 4 is 11.7 Å². The normalized spacial score (nSPS) is 20.4. The summed E-state index contributed by atoms with van der Waals surface area (Å²) >= 11 is 0. The Labute approximate surface area is 126 Å². The lowest BCUT2D eigenvalue weighted by Crippen LogP contribution is -2.30. The summed E-state index contributed by atoms with van der Waals surface area (Å²) in [6.07, 6.45) is 3.41. The van der Waals surface area contributed by atoms with Crippen molar-refractivity contribution in [1.29, 1.82) is 0 Å². The van der Waals surface area contributed by atoms with Gasteiger partial charge < -0.3 is 15.8 Å². The van der Waals surface area contributed by atoms with Crippen LogP contribution in [-0.4, -0.2) is 37.9 Å². The molecule has 1 saturated heterocycles. The molecule has 0 bridgehead atoms. The van der Waals surface area contributed by atoms with Crippen LogP contribution in [-0.2, 0) is 0 Å². The largest absolute Gasteiger partial charge is 0.409 e. The van der Waals surface area contributed by atoms with Gasteiger partial charge in [-0.3, -0.25) is 9.36 Å². The quantitative estimate of drug-likeness (QED) is 0.358. The van der Waals surface area contributed by atoms with Crippen molar-refractivity contribution in [2.75, 3.05) is 6.54 Å². The topological polar surface area (TPSA) is 96.7 Å². The number of nitrogens with zero attached hydrogens (tertiary/aromatic N) is 4. The van der Waals surface area contributed by atoms with E-state index in [1.807, 2.05) is 33.7 Å². The molecule has 0 spiro atoms. The number of carbonyl (C=O) groups is 1. The van der Waals surface area contributed by atoms with Gasteiger partial charge in [0.25, 0.3) is 5.91 Å². The fourth-order valence-corrected chi connectivity index (χ4v) is 3.43. The highest BCUT2D eigenvalue weighted by atomic mass is 16.4. The zero-order chi connectivity index (χ0) is 15.3. The van der Waals surface area contributed by atoms with Crippen LogP contribution in [0.2, 0.25) is 0 Å². The van der Waals surface area contributed by atoms with Crippen molar-refractivity contribution in [1.82, 2.24) is 14.5 Å². The third-order valence-electron chi connectivity index (χ3n) is 4.38. The number of hydrogen-bond donors (Lipinski definition) is 2. The molecule has 1 unspecified atom stereocenters. The van der Waals surface area contributed by atoms with Crippen molar-refractivity contribution in [2.45, 2.75) is 18.9 Å². The highest BCUT2D eigenvalue weighted by Crippen LogP contribution is 2.39. The predicted octanol–water partition coefficient (Wildman–Crippen LogP) is 1.26. The monoisotopic (exact) mass is 297 g/mol. The Kier molecular flexibility index (Phi) is 2.69. The lowest BCUT2D eigenvalue weighted by atomic mass is 10.1. The molecule has 2 aromatic rings. The molecule has 22 heavy (non-hydrogen) atoms. The van der Waals surface area contributed by atoms with E-state index in [0.717, 1.165) is 24.2 Å². The molecule has 1 amide bonds. The first-order valence-corrected chi connectivity index (χ1v) is 7.18. The molecule has 0 saturated carbocycles. The van der Waals surface area contributed by atoms with Gasteiger partial charge in [0.2, 0.25) is 0 Å². The summed E-state index contributed by atoms with van der Waals surface area (Å²) in [5.74, 6) is -0.0142. The summed E-state index contributed by atoms with van der Waals surface area (Å²) in [6, 6.07) is 7.35. The van der Waals surface area contributed by atoms with E-state index in [9.17, 15) is 4.79 Å². The van der Waals surface area contributed by atoms with Crippen LogP contribution < -0.4 is 5.73 Å². The van der Waals surface area contributed by atoms with Gasteiger partial charge in [-0.25, -0.2) is 4.98 Å². The molecule has 1 fully saturated rings. The number of nitrogens with two attached hydrogens (primary N) is 1. The molecule has 3 heterocycles. The van der Waals surface area contributed by atoms with Gasteiger partial charge in [-0.2, -0.15) is 0 Å². The zero-order valence-corrected chi connectivity index (χ0v) is 11.8. The van der Waals surface area contributed by atoms with Crippen LogP contribution in [0, 0.1) is 0 Å². The number of amides is 1. The van der Waals surface area contributed by atoms with Crippen molar-refractivity contribution in [3.05, 3.63) is 47.5 Å². The molecule has 7 heteroatoms. The maximum Gasteiger partial charge on any atom is 0.256 e. The lowest BCUT2D eigenvalue weighted by molar-refractivity contribution is 0.0738. The van der Waals surface area contributed by atoms with Crippen molar-refractivity contribution < 1.29 is 10.0 Å². The van der Waals surface area contributed by atoms with Crippen LogP contribution in [0.25, 0.3) is 5.69 Å². The van der Waals surface area contributed by atoms with E-state index in [4.69, 9.17) is 10.9 Å². The van der Waals surface area contributed by atoms with Crippen LogP contribution in [0.4, 0.5) is 0 Å². The minimum absolute atomic E-state index is 0.0206. The smallest absolute Gasteiger partial charge is 0.256 e. The standard InChI is InChI=1S/C15H15N5O2/c16-14(18-22)12-13-11-6-3-7-19(11)15(21)9-4-1-2-5-10(9)20(13)8-17-12/h1-2,4-5,8,11,22H,3,6-7H2,(H2,16,18). The Morgan fingerprint density at radius 1 is 1.41 bits per heavy atom. The molecule has 3 N–H and O–H groups in total. The summed E-state index contributed by atoms with van der Waals surface area (Å²) in [6.45, 7) is 0.707. The SMILES string of the molecule is NC(=NO)c1ncn2c1C1CCCN1C(=O)c1ccccc1-2. The van der Waals surface area contributed by atoms with Crippen LogP contribution in [0.5, 0.6) is 0 Å². The number of para-hydroxylation sites is 1. The first-order chi connectivity index (χ1) is 10.7. The van der Waals surface area contributed by atoms with E-state index in [-0.39, 0.29) is 17.8 Å². The fourth-order valence-electron chi connectivity index (χ4n) is 3.43. The summed E-state index contributed by atoms with van der Waals surface area (Å²) in [5, 5.41) is 12.1. The second-order valence-corrected chi connectivity index (χ2v) is 5.51. The Hall–Kier alpha value is -2.83. The molecule has 2 aliphatic rings. The lowest BCUT2D eigenvalue weighted by Gasteiger charge is -2.22. The highest BCUT2D eigenvalue weighted by Gasteiger charge is 2.39. The Morgan fingerprint density at radius 3 is 3.05 bits per heavy atom. The average Bonchev–Trinajstić information content (AvgIpc) is 3.17. The molecule has 1 atom stereocenters. The van der Waals surface area contributed by atoms with Crippen molar-refractivity contribution in [3.63, 3.8) is 0 Å². The van der Waals surface area contributed by atoms with Crippen LogP contribution in [0.15, 0.2) is 35.7 Å². The third kappa shape index (κ3) is 1.59. The van der Waals surface area contributed by atoms with Gasteiger partial charge in [0.15, 0.2) is 5.84 Å². The number of aromatic nitrogens is 2. The average molecular weight is 297 g/mol. The molecule has 4 rings (SSSR count). The maximum atomic E-state index is 12.8. The number of imidazole rings is 1. The van der Waals surface area contributed by atoms with Crippen LogP contribution in [0.3, 0.4) is 0 Å². The first-order valence-electron chi connectivity index (χ1n) is 7.18. The number of carbonyl (C=O) groups excluding carboxylic acids is 1. The number of rotatable bonds is 1. The predicted molar refractivity (Wildman–Crippen MR) is 79.1 cm³/mol. The van der Waals surface area contributed by atoms with Gasteiger partial charge in [0.1, 0.15) is 12.0 Å². The van der Waals surface area contributed by atoms with Crippen molar-refractivity contribution in [3.8, 4) is 5.69 Å². The molecule has 112 valence electrons. The van der Waals surface area contributed by atoms with Gasteiger partial charge in [-0.05, 0) is 25.0 Å². The van der Waals surface area contributed by atoms with E-state index < -0.39 is 0 Å². The van der Waals surface area contributed by atoms with Gasteiger partial charge in [0.05, 0.1) is 23.0 Å². The summed E-state index contributed by atoms with van der Waals surface area (Å²) in [5.41, 5.74) is 8.45.